The summed E-state index contributed by atoms with van der Waals surface area (Å²) < 4.78 is 15.7. The summed E-state index contributed by atoms with van der Waals surface area (Å²) in [6, 6.07) is 5.08. The quantitative estimate of drug-likeness (QED) is 0.784. The zero-order valence-corrected chi connectivity index (χ0v) is 8.99. The summed E-state index contributed by atoms with van der Waals surface area (Å²) in [6.07, 6.45) is 1.54. The highest BCUT2D eigenvalue weighted by atomic mass is 79.9. The first-order chi connectivity index (χ1) is 6.70. The molecular weight excluding hydrogens is 249 g/mol. The van der Waals surface area contributed by atoms with Gasteiger partial charge in [0.2, 0.25) is 0 Å². The predicted molar refractivity (Wildman–Crippen MR) is 54.1 cm³/mol. The minimum Gasteiger partial charge on any atom is -0.317 e. The second kappa shape index (κ2) is 3.49. The normalized spacial score (nSPS) is 10.5. The molecule has 0 N–H and O–H groups in total. The van der Waals surface area contributed by atoms with Gasteiger partial charge in [0.05, 0.1) is 10.0 Å². The molecule has 1 aromatic carbocycles. The highest BCUT2D eigenvalue weighted by molar-refractivity contribution is 9.10. The van der Waals surface area contributed by atoms with Crippen molar-refractivity contribution in [3.63, 3.8) is 0 Å². The maximum absolute atomic E-state index is 13.6. The highest BCUT2D eigenvalue weighted by Crippen LogP contribution is 2.25. The molecule has 2 rings (SSSR count). The van der Waals surface area contributed by atoms with Gasteiger partial charge in [0.25, 0.3) is 0 Å². The third kappa shape index (κ3) is 1.43. The summed E-state index contributed by atoms with van der Waals surface area (Å²) in [6.45, 7) is 0. The number of halogens is 2. The Morgan fingerprint density at radius 1 is 1.43 bits per heavy atom. The van der Waals surface area contributed by atoms with Crippen LogP contribution < -0.4 is 0 Å². The van der Waals surface area contributed by atoms with Gasteiger partial charge in [-0.3, -0.25) is 0 Å². The first-order valence-corrected chi connectivity index (χ1v) is 4.78. The van der Waals surface area contributed by atoms with E-state index in [4.69, 9.17) is 0 Å². The van der Waals surface area contributed by atoms with Gasteiger partial charge in [0.1, 0.15) is 12.1 Å². The Labute approximate surface area is 88.7 Å². The van der Waals surface area contributed by atoms with Crippen LogP contribution in [-0.4, -0.2) is 14.8 Å². The van der Waals surface area contributed by atoms with E-state index in [0.717, 1.165) is 0 Å². The van der Waals surface area contributed by atoms with Crippen LogP contribution in [-0.2, 0) is 7.05 Å². The maximum Gasteiger partial charge on any atom is 0.166 e. The molecule has 0 unspecified atom stereocenters. The van der Waals surface area contributed by atoms with Crippen molar-refractivity contribution in [1.29, 1.82) is 0 Å². The zero-order valence-electron chi connectivity index (χ0n) is 7.41. The molecule has 0 bridgehead atoms. The number of benzene rings is 1. The summed E-state index contributed by atoms with van der Waals surface area (Å²) in [5.41, 5.74) is 0.444. The summed E-state index contributed by atoms with van der Waals surface area (Å²) in [7, 11) is 1.77. The molecule has 0 amide bonds. The van der Waals surface area contributed by atoms with Crippen molar-refractivity contribution in [2.24, 2.45) is 7.05 Å². The molecule has 0 fully saturated rings. The van der Waals surface area contributed by atoms with Crippen molar-refractivity contribution in [3.05, 3.63) is 34.8 Å². The average Bonchev–Trinajstić information content (AvgIpc) is 2.57. The zero-order chi connectivity index (χ0) is 10.1. The van der Waals surface area contributed by atoms with Crippen molar-refractivity contribution in [1.82, 2.24) is 14.8 Å². The molecule has 0 saturated carbocycles. The monoisotopic (exact) mass is 255 g/mol. The molecule has 1 heterocycles. The van der Waals surface area contributed by atoms with Crippen LogP contribution in [0.5, 0.6) is 0 Å². The fourth-order valence-corrected chi connectivity index (χ4v) is 1.57. The topological polar surface area (TPSA) is 30.7 Å². The van der Waals surface area contributed by atoms with Crippen LogP contribution in [0.2, 0.25) is 0 Å². The molecule has 0 aliphatic heterocycles. The van der Waals surface area contributed by atoms with E-state index < -0.39 is 0 Å². The van der Waals surface area contributed by atoms with Gasteiger partial charge in [-0.1, -0.05) is 6.07 Å². The van der Waals surface area contributed by atoms with Crippen LogP contribution in [0.15, 0.2) is 29.0 Å². The molecule has 0 atom stereocenters. The minimum atomic E-state index is -0.316. The van der Waals surface area contributed by atoms with E-state index in [2.05, 4.69) is 26.1 Å². The molecule has 0 radical (unpaired) electrons. The number of hydrogen-bond acceptors (Lipinski definition) is 2. The number of rotatable bonds is 1. The number of aryl methyl sites for hydroxylation is 1. The van der Waals surface area contributed by atoms with Gasteiger partial charge < -0.3 is 4.57 Å². The summed E-state index contributed by atoms with van der Waals surface area (Å²) in [4.78, 5) is 0. The molecule has 14 heavy (non-hydrogen) atoms. The van der Waals surface area contributed by atoms with Crippen LogP contribution >= 0.6 is 15.9 Å². The second-order valence-electron chi connectivity index (χ2n) is 2.87. The van der Waals surface area contributed by atoms with E-state index in [1.165, 1.54) is 6.33 Å². The fourth-order valence-electron chi connectivity index (χ4n) is 1.20. The fraction of sp³-hybridized carbons (Fsp3) is 0.111. The van der Waals surface area contributed by atoms with Gasteiger partial charge in [-0.05, 0) is 28.1 Å². The average molecular weight is 256 g/mol. The van der Waals surface area contributed by atoms with Crippen molar-refractivity contribution < 1.29 is 4.39 Å². The molecule has 2 aromatic rings. The lowest BCUT2D eigenvalue weighted by Gasteiger charge is -2.02. The minimum absolute atomic E-state index is 0.316. The van der Waals surface area contributed by atoms with Gasteiger partial charge in [-0.15, -0.1) is 10.2 Å². The summed E-state index contributed by atoms with van der Waals surface area (Å²) in [5, 5.41) is 7.54. The molecule has 0 aliphatic rings. The standard InChI is InChI=1S/C9H7BrFN3/c1-14-5-12-13-9(14)6-3-2-4-7(10)8(6)11/h2-5H,1H3. The summed E-state index contributed by atoms with van der Waals surface area (Å²) >= 11 is 3.12. The van der Waals surface area contributed by atoms with Crippen LogP contribution in [0.25, 0.3) is 11.4 Å². The Hall–Kier alpha value is -1.23. The first-order valence-electron chi connectivity index (χ1n) is 3.98. The Balaban J connectivity index is 2.63. The Morgan fingerprint density at radius 3 is 2.86 bits per heavy atom. The molecule has 3 nitrogen and oxygen atoms in total. The predicted octanol–water partition coefficient (Wildman–Crippen LogP) is 2.38. The van der Waals surface area contributed by atoms with Gasteiger partial charge in [0, 0.05) is 7.05 Å². The molecule has 72 valence electrons. The third-order valence-electron chi connectivity index (χ3n) is 1.90. The van der Waals surface area contributed by atoms with Gasteiger partial charge >= 0.3 is 0 Å². The smallest absolute Gasteiger partial charge is 0.166 e. The van der Waals surface area contributed by atoms with Crippen LogP contribution in [0.3, 0.4) is 0 Å². The highest BCUT2D eigenvalue weighted by Gasteiger charge is 2.11. The Morgan fingerprint density at radius 2 is 2.21 bits per heavy atom. The number of nitrogens with zero attached hydrogens (tertiary/aromatic N) is 3. The van der Waals surface area contributed by atoms with E-state index in [1.54, 1.807) is 29.8 Å². The van der Waals surface area contributed by atoms with Crippen molar-refractivity contribution in [3.8, 4) is 11.4 Å². The van der Waals surface area contributed by atoms with Gasteiger partial charge in [-0.2, -0.15) is 0 Å². The third-order valence-corrected chi connectivity index (χ3v) is 2.52. The molecular formula is C9H7BrFN3. The molecule has 5 heteroatoms. The molecule has 1 aromatic heterocycles. The van der Waals surface area contributed by atoms with Gasteiger partial charge in [-0.25, -0.2) is 4.39 Å². The van der Waals surface area contributed by atoms with E-state index in [0.29, 0.717) is 15.9 Å². The number of hydrogen-bond donors (Lipinski definition) is 0. The lowest BCUT2D eigenvalue weighted by atomic mass is 10.2. The lowest BCUT2D eigenvalue weighted by molar-refractivity contribution is 0.622. The summed E-state index contributed by atoms with van der Waals surface area (Å²) in [5.74, 6) is 0.201. The lowest BCUT2D eigenvalue weighted by Crippen LogP contribution is -1.94. The van der Waals surface area contributed by atoms with Gasteiger partial charge in [0.15, 0.2) is 5.82 Å². The Bertz CT molecular complexity index is 467. The first kappa shape index (κ1) is 9.33. The van der Waals surface area contributed by atoms with E-state index in [9.17, 15) is 4.39 Å². The van der Waals surface area contributed by atoms with Crippen molar-refractivity contribution in [2.45, 2.75) is 0 Å². The largest absolute Gasteiger partial charge is 0.317 e. The molecule has 0 spiro atoms. The van der Waals surface area contributed by atoms with Crippen LogP contribution in [0, 0.1) is 5.82 Å². The number of aromatic nitrogens is 3. The van der Waals surface area contributed by atoms with E-state index >= 15 is 0 Å². The van der Waals surface area contributed by atoms with Crippen molar-refractivity contribution in [2.75, 3.05) is 0 Å². The van der Waals surface area contributed by atoms with Crippen molar-refractivity contribution >= 4 is 15.9 Å². The molecule has 0 aliphatic carbocycles. The maximum atomic E-state index is 13.6. The van der Waals surface area contributed by atoms with Crippen LogP contribution in [0.4, 0.5) is 4.39 Å². The van der Waals surface area contributed by atoms with E-state index in [1.807, 2.05) is 0 Å². The van der Waals surface area contributed by atoms with Crippen LogP contribution in [0.1, 0.15) is 0 Å². The Kier molecular flexibility index (Phi) is 2.33. The second-order valence-corrected chi connectivity index (χ2v) is 3.72. The SMILES string of the molecule is Cn1cnnc1-c1cccc(Br)c1F. The molecule has 0 saturated heterocycles. The van der Waals surface area contributed by atoms with E-state index in [-0.39, 0.29) is 5.82 Å².